The van der Waals surface area contributed by atoms with Gasteiger partial charge in [0.2, 0.25) is 5.91 Å². The highest BCUT2D eigenvalue weighted by atomic mass is 19.1. The van der Waals surface area contributed by atoms with E-state index in [1.165, 1.54) is 6.07 Å². The lowest BCUT2D eigenvalue weighted by Crippen LogP contribution is -2.47. The van der Waals surface area contributed by atoms with E-state index in [0.29, 0.717) is 30.1 Å². The van der Waals surface area contributed by atoms with Gasteiger partial charge in [0.15, 0.2) is 0 Å². The van der Waals surface area contributed by atoms with Crippen molar-refractivity contribution < 1.29 is 13.9 Å². The van der Waals surface area contributed by atoms with Gasteiger partial charge in [-0.15, -0.1) is 0 Å². The molecule has 36 heavy (non-hydrogen) atoms. The van der Waals surface area contributed by atoms with Crippen LogP contribution in [0.2, 0.25) is 0 Å². The number of pyridine rings is 2. The highest BCUT2D eigenvalue weighted by Crippen LogP contribution is 2.24. The number of ether oxygens (including phenoxy) is 1. The highest BCUT2D eigenvalue weighted by molar-refractivity contribution is 5.83. The summed E-state index contributed by atoms with van der Waals surface area (Å²) >= 11 is 0. The first kappa shape index (κ1) is 23.9. The van der Waals surface area contributed by atoms with Crippen LogP contribution < -0.4 is 10.1 Å². The smallest absolute Gasteiger partial charge is 0.226 e. The summed E-state index contributed by atoms with van der Waals surface area (Å²) in [5.41, 5.74) is 3.93. The number of benzene rings is 1. The molecule has 1 amide bonds. The number of aromatic nitrogens is 4. The molecule has 0 unspecified atom stereocenters. The summed E-state index contributed by atoms with van der Waals surface area (Å²) in [6.07, 6.45) is 7.30. The maximum atomic E-state index is 14.4. The molecule has 0 bridgehead atoms. The number of aryl methyl sites for hydroxylation is 1. The molecule has 0 radical (unpaired) electrons. The summed E-state index contributed by atoms with van der Waals surface area (Å²) in [7, 11) is 1.55. The largest absolute Gasteiger partial charge is 0.496 e. The van der Waals surface area contributed by atoms with Gasteiger partial charge < -0.3 is 10.1 Å². The molecule has 0 spiro atoms. The second kappa shape index (κ2) is 10.4. The van der Waals surface area contributed by atoms with Gasteiger partial charge in [-0.25, -0.2) is 9.07 Å². The molecule has 0 saturated carbocycles. The van der Waals surface area contributed by atoms with Crippen LogP contribution in [0.15, 0.2) is 55.0 Å². The number of carbonyl (C=O) groups excluding carboxylic acids is 1. The third kappa shape index (κ3) is 5.21. The normalized spacial score (nSPS) is 16.2. The number of halogens is 1. The maximum absolute atomic E-state index is 14.4. The van der Waals surface area contributed by atoms with Gasteiger partial charge in [-0.3, -0.25) is 19.7 Å². The quantitative estimate of drug-likeness (QED) is 0.428. The van der Waals surface area contributed by atoms with Crippen molar-refractivity contribution in [3.63, 3.8) is 0 Å². The second-order valence-corrected chi connectivity index (χ2v) is 9.19. The number of methoxy groups -OCH3 is 1. The Bertz CT molecular complexity index is 1390. The topological polar surface area (TPSA) is 85.2 Å². The lowest BCUT2D eigenvalue weighted by molar-refractivity contribution is -0.121. The van der Waals surface area contributed by atoms with Crippen LogP contribution in [0.5, 0.6) is 5.75 Å². The van der Waals surface area contributed by atoms with Crippen LogP contribution in [-0.4, -0.2) is 56.8 Å². The minimum atomic E-state index is -0.274. The number of hydrogen-bond donors (Lipinski definition) is 1. The molecule has 8 nitrogen and oxygen atoms in total. The van der Waals surface area contributed by atoms with E-state index < -0.39 is 0 Å². The lowest BCUT2D eigenvalue weighted by atomic mass is 10.0. The van der Waals surface area contributed by atoms with Crippen LogP contribution in [-0.2, 0) is 17.8 Å². The van der Waals surface area contributed by atoms with E-state index in [1.54, 1.807) is 37.8 Å². The van der Waals surface area contributed by atoms with Crippen LogP contribution in [0, 0.1) is 12.7 Å². The average Bonchev–Trinajstić information content (AvgIpc) is 3.29. The lowest BCUT2D eigenvalue weighted by Gasteiger charge is -2.33. The summed E-state index contributed by atoms with van der Waals surface area (Å²) in [5.74, 6) is 0.198. The van der Waals surface area contributed by atoms with Crippen molar-refractivity contribution in [2.75, 3.05) is 20.2 Å². The Morgan fingerprint density at radius 1 is 1.22 bits per heavy atom. The zero-order valence-electron chi connectivity index (χ0n) is 20.4. The number of carbonyl (C=O) groups is 1. The van der Waals surface area contributed by atoms with Crippen molar-refractivity contribution in [2.24, 2.45) is 0 Å². The standard InChI is InChI=1S/C27H29FN6O2/c1-18-11-22(8-9-29-18)34-25-15-30-21(12-19(25)14-31-34)13-27(35)32-20-5-4-10-33(16-20)17-23-24(28)6-3-7-26(23)36-2/h3,6-9,11-12,14-15,20H,4-5,10,13,16-17H2,1-2H3,(H,32,35)/t20-/m1/s1. The Hall–Kier alpha value is -3.85. The summed E-state index contributed by atoms with van der Waals surface area (Å²) in [5, 5.41) is 8.55. The fourth-order valence-electron chi connectivity index (χ4n) is 4.80. The summed E-state index contributed by atoms with van der Waals surface area (Å²) < 4.78 is 21.5. The van der Waals surface area contributed by atoms with E-state index in [0.717, 1.165) is 41.7 Å². The van der Waals surface area contributed by atoms with Crippen molar-refractivity contribution in [1.29, 1.82) is 0 Å². The monoisotopic (exact) mass is 488 g/mol. The predicted molar refractivity (Wildman–Crippen MR) is 134 cm³/mol. The van der Waals surface area contributed by atoms with E-state index in [9.17, 15) is 9.18 Å². The van der Waals surface area contributed by atoms with Gasteiger partial charge in [-0.1, -0.05) is 6.07 Å². The molecule has 1 saturated heterocycles. The molecule has 1 fully saturated rings. The van der Waals surface area contributed by atoms with Crippen LogP contribution in [0.4, 0.5) is 4.39 Å². The average molecular weight is 489 g/mol. The molecule has 9 heteroatoms. The Morgan fingerprint density at radius 2 is 2.11 bits per heavy atom. The fraction of sp³-hybridized carbons (Fsp3) is 0.333. The van der Waals surface area contributed by atoms with E-state index in [1.807, 2.05) is 29.8 Å². The summed E-state index contributed by atoms with van der Waals surface area (Å²) in [6, 6.07) is 10.6. The van der Waals surface area contributed by atoms with Crippen LogP contribution in [0.3, 0.4) is 0 Å². The number of nitrogens with one attached hydrogen (secondary N) is 1. The van der Waals surface area contributed by atoms with E-state index >= 15 is 0 Å². The predicted octanol–water partition coefficient (Wildman–Crippen LogP) is 3.59. The van der Waals surface area contributed by atoms with Gasteiger partial charge in [0, 0.05) is 42.0 Å². The molecule has 186 valence electrons. The molecule has 1 aromatic carbocycles. The molecule has 4 heterocycles. The highest BCUT2D eigenvalue weighted by Gasteiger charge is 2.23. The van der Waals surface area contributed by atoms with Crippen LogP contribution in [0.1, 0.15) is 29.8 Å². The second-order valence-electron chi connectivity index (χ2n) is 9.19. The number of piperidine rings is 1. The number of rotatable bonds is 7. The summed E-state index contributed by atoms with van der Waals surface area (Å²) in [4.78, 5) is 23.7. The van der Waals surface area contributed by atoms with Gasteiger partial charge in [-0.05, 0) is 56.6 Å². The Balaban J connectivity index is 1.21. The zero-order chi connectivity index (χ0) is 25.1. The van der Waals surface area contributed by atoms with Crippen molar-refractivity contribution >= 4 is 16.8 Å². The molecule has 0 aliphatic carbocycles. The molecule has 3 aromatic heterocycles. The Labute approximate surface area is 209 Å². The third-order valence-corrected chi connectivity index (χ3v) is 6.53. The molecule has 1 atom stereocenters. The van der Waals surface area contributed by atoms with Gasteiger partial charge in [-0.2, -0.15) is 5.10 Å². The minimum Gasteiger partial charge on any atom is -0.496 e. The maximum Gasteiger partial charge on any atom is 0.226 e. The molecule has 1 N–H and O–H groups in total. The van der Waals surface area contributed by atoms with Gasteiger partial charge in [0.25, 0.3) is 0 Å². The number of fused-ring (bicyclic) bond motifs is 1. The summed E-state index contributed by atoms with van der Waals surface area (Å²) in [6.45, 7) is 3.89. The molecule has 5 rings (SSSR count). The zero-order valence-corrected chi connectivity index (χ0v) is 20.4. The first-order chi connectivity index (χ1) is 17.5. The first-order valence-electron chi connectivity index (χ1n) is 12.1. The Kier molecular flexibility index (Phi) is 6.90. The molecular weight excluding hydrogens is 459 g/mol. The van der Waals surface area contributed by atoms with Gasteiger partial charge in [0.1, 0.15) is 11.6 Å². The third-order valence-electron chi connectivity index (χ3n) is 6.53. The Morgan fingerprint density at radius 3 is 2.94 bits per heavy atom. The van der Waals surface area contributed by atoms with Gasteiger partial charge >= 0.3 is 0 Å². The van der Waals surface area contributed by atoms with Crippen molar-refractivity contribution in [1.82, 2.24) is 30.0 Å². The number of hydrogen-bond acceptors (Lipinski definition) is 6. The minimum absolute atomic E-state index is 0.00503. The molecular formula is C27H29FN6O2. The van der Waals surface area contributed by atoms with E-state index in [2.05, 4.69) is 25.3 Å². The molecule has 4 aromatic rings. The van der Waals surface area contributed by atoms with Gasteiger partial charge in [0.05, 0.1) is 42.8 Å². The molecule has 1 aliphatic heterocycles. The van der Waals surface area contributed by atoms with Crippen LogP contribution in [0.25, 0.3) is 16.6 Å². The van der Waals surface area contributed by atoms with Crippen LogP contribution >= 0.6 is 0 Å². The van der Waals surface area contributed by atoms with Crippen molar-refractivity contribution in [3.8, 4) is 11.4 Å². The SMILES string of the molecule is COc1cccc(F)c1CN1CCC[C@@H](NC(=O)Cc2cc3cnn(-c4ccnc(C)c4)c3cn2)C1. The van der Waals surface area contributed by atoms with Crippen molar-refractivity contribution in [3.05, 3.63) is 77.8 Å². The number of likely N-dealkylation sites (tertiary alicyclic amines) is 1. The number of amides is 1. The number of nitrogens with zero attached hydrogens (tertiary/aromatic N) is 5. The van der Waals surface area contributed by atoms with E-state index in [-0.39, 0.29) is 24.2 Å². The van der Waals surface area contributed by atoms with E-state index in [4.69, 9.17) is 4.74 Å². The first-order valence-corrected chi connectivity index (χ1v) is 12.1. The fourth-order valence-corrected chi connectivity index (χ4v) is 4.80. The van der Waals surface area contributed by atoms with Crippen molar-refractivity contribution in [2.45, 2.75) is 38.8 Å². The molecule has 1 aliphatic rings.